The van der Waals surface area contributed by atoms with Crippen LogP contribution < -0.4 is 5.32 Å². The summed E-state index contributed by atoms with van der Waals surface area (Å²) in [5.41, 5.74) is -6.74. The SMILES string of the molecule is CC[Si](CC)(CC)O[C@H]1C[C@H]2OC[C@@]2(OC(C)=O)C2C(OC(=O)c3ccccc3)[C@]3(O)C[C@H](OC(=O)[C@](OC(C)=O)(Sc4ccccc4)[C@@H](NC(=O)c4ccccc4)c4ccccc4)C(C)=C([C@@H](O)C(=O)[C@@]21C)C3(C)C. The Morgan fingerprint density at radius 3 is 1.88 bits per heavy atom. The van der Waals surface area contributed by atoms with E-state index in [1.165, 1.54) is 6.92 Å². The monoisotopic (exact) mass is 1080 g/mol. The van der Waals surface area contributed by atoms with Crippen LogP contribution in [0.3, 0.4) is 0 Å². The first kappa shape index (κ1) is 56.3. The molecule has 3 aliphatic carbocycles. The van der Waals surface area contributed by atoms with Crippen molar-refractivity contribution in [2.75, 3.05) is 6.61 Å². The number of Topliss-reactive ketones (excluding diaryl/α,β-unsaturated/α-hetero) is 1. The van der Waals surface area contributed by atoms with Crippen LogP contribution in [0.1, 0.15) is 107 Å². The smallest absolute Gasteiger partial charge is 0.365 e. The maximum absolute atomic E-state index is 16.2. The Morgan fingerprint density at radius 1 is 0.803 bits per heavy atom. The fourth-order valence-corrected chi connectivity index (χ4v) is 16.7. The van der Waals surface area contributed by atoms with Gasteiger partial charge in [0, 0.05) is 42.6 Å². The maximum atomic E-state index is 16.2. The van der Waals surface area contributed by atoms with Gasteiger partial charge in [-0.2, -0.15) is 0 Å². The molecule has 4 aliphatic rings. The van der Waals surface area contributed by atoms with Gasteiger partial charge in [-0.05, 0) is 85.1 Å². The Kier molecular flexibility index (Phi) is 16.2. The predicted molar refractivity (Wildman–Crippen MR) is 285 cm³/mol. The Balaban J connectivity index is 1.36. The molecule has 76 heavy (non-hydrogen) atoms. The van der Waals surface area contributed by atoms with Crippen LogP contribution in [0.5, 0.6) is 0 Å². The van der Waals surface area contributed by atoms with E-state index in [9.17, 15) is 29.4 Å². The highest BCUT2D eigenvalue weighted by atomic mass is 32.2. The van der Waals surface area contributed by atoms with Gasteiger partial charge >= 0.3 is 23.9 Å². The van der Waals surface area contributed by atoms with Gasteiger partial charge in [0.2, 0.25) is 0 Å². The molecule has 404 valence electrons. The first-order valence-corrected chi connectivity index (χ1v) is 29.4. The molecule has 11 atom stereocenters. The number of aliphatic hydroxyl groups is 2. The summed E-state index contributed by atoms with van der Waals surface area (Å²) < 4.78 is 39.6. The molecule has 2 unspecified atom stereocenters. The van der Waals surface area contributed by atoms with Gasteiger partial charge in [-0.1, -0.05) is 131 Å². The summed E-state index contributed by atoms with van der Waals surface area (Å²) in [6.07, 6.45) is -7.68. The van der Waals surface area contributed by atoms with Crippen molar-refractivity contribution in [1.82, 2.24) is 5.32 Å². The minimum atomic E-state index is -2.64. The number of nitrogens with one attached hydrogen (secondary N) is 1. The third-order valence-electron chi connectivity index (χ3n) is 16.9. The second-order valence-corrected chi connectivity index (χ2v) is 27.3. The molecule has 4 aromatic rings. The second kappa shape index (κ2) is 21.8. The topological polar surface area (TPSA) is 210 Å². The number of hydrogen-bond acceptors (Lipinski definition) is 15. The molecule has 17 heteroatoms. The fourth-order valence-electron chi connectivity index (χ4n) is 12.5. The Bertz CT molecular complexity index is 2840. The van der Waals surface area contributed by atoms with Crippen LogP contribution in [0, 0.1) is 16.7 Å². The zero-order valence-corrected chi connectivity index (χ0v) is 46.3. The molecule has 4 aromatic carbocycles. The average molecular weight is 1080 g/mol. The summed E-state index contributed by atoms with van der Waals surface area (Å²) in [5, 5.41) is 30.4. The largest absolute Gasteiger partial charge is 0.455 e. The van der Waals surface area contributed by atoms with E-state index in [0.717, 1.165) is 18.7 Å². The molecule has 1 saturated heterocycles. The van der Waals surface area contributed by atoms with Crippen LogP contribution in [-0.2, 0) is 47.3 Å². The van der Waals surface area contributed by atoms with E-state index in [4.69, 9.17) is 28.1 Å². The quantitative estimate of drug-likeness (QED) is 0.0225. The molecular formula is C59H69NO14SSi. The average Bonchev–Trinajstić information content (AvgIpc) is 3.40. The van der Waals surface area contributed by atoms with Gasteiger partial charge in [-0.25, -0.2) is 9.59 Å². The number of aliphatic hydroxyl groups excluding tert-OH is 1. The van der Waals surface area contributed by atoms with Crippen molar-refractivity contribution >= 4 is 55.6 Å². The minimum absolute atomic E-state index is 0.00692. The first-order valence-electron chi connectivity index (χ1n) is 26.0. The highest BCUT2D eigenvalue weighted by Crippen LogP contribution is 2.65. The van der Waals surface area contributed by atoms with Crippen LogP contribution in [-0.4, -0.2) is 107 Å². The number of carbonyl (C=O) groups excluding carboxylic acids is 6. The van der Waals surface area contributed by atoms with E-state index in [0.29, 0.717) is 28.6 Å². The van der Waals surface area contributed by atoms with Crippen molar-refractivity contribution in [3.63, 3.8) is 0 Å². The lowest BCUT2D eigenvalue weighted by Crippen LogP contribution is -2.82. The summed E-state index contributed by atoms with van der Waals surface area (Å²) in [6.45, 7) is 14.7. The molecule has 0 radical (unpaired) electrons. The molecular weight excluding hydrogens is 1010 g/mol. The van der Waals surface area contributed by atoms with Crippen molar-refractivity contribution in [3.8, 4) is 0 Å². The Morgan fingerprint density at radius 2 is 1.36 bits per heavy atom. The van der Waals surface area contributed by atoms with Crippen LogP contribution >= 0.6 is 11.8 Å². The van der Waals surface area contributed by atoms with Gasteiger partial charge in [0.1, 0.15) is 36.1 Å². The Hall–Kier alpha value is -5.95. The molecule has 2 bridgehead atoms. The van der Waals surface area contributed by atoms with E-state index in [1.807, 2.05) is 20.8 Å². The molecule has 1 amide bonds. The highest BCUT2D eigenvalue weighted by molar-refractivity contribution is 8.01. The number of benzene rings is 4. The zero-order chi connectivity index (χ0) is 55.0. The van der Waals surface area contributed by atoms with Crippen molar-refractivity contribution in [2.45, 2.75) is 151 Å². The van der Waals surface area contributed by atoms with Crippen molar-refractivity contribution in [2.24, 2.45) is 16.7 Å². The molecule has 0 aromatic heterocycles. The van der Waals surface area contributed by atoms with E-state index in [1.54, 1.807) is 149 Å². The molecule has 1 aliphatic heterocycles. The predicted octanol–water partition coefficient (Wildman–Crippen LogP) is 8.89. The van der Waals surface area contributed by atoms with Crippen LogP contribution in [0.4, 0.5) is 0 Å². The standard InChI is InChI=1S/C59H69NO14SSi/c1-10-76(11-2,12-3)74-44-33-45-57(35-69-45,72-37(5)61)48-51(71-53(66)41-29-21-15-22-30-41)58(68)34-43(36(4)46(55(58,7)8)47(63)50(64)56(44,48)9)70-54(67)59(73-38(6)62,75-42-31-23-16-24-32-42)49(39-25-17-13-18-26-39)60-52(65)40-27-19-14-20-28-40/h13-32,43-45,47-49,51,63,68H,10-12,33-35H2,1-9H3,(H,60,65)/t43-,44-,45+,47+,48?,49-,51?,56+,57-,58+,59+/m0/s1. The van der Waals surface area contributed by atoms with Crippen molar-refractivity contribution < 1.29 is 67.1 Å². The number of ketones is 1. The van der Waals surface area contributed by atoms with E-state index in [2.05, 4.69) is 5.32 Å². The van der Waals surface area contributed by atoms with Gasteiger partial charge in [-0.3, -0.25) is 19.2 Å². The number of thioether (sulfide) groups is 1. The lowest BCUT2D eigenvalue weighted by Gasteiger charge is -2.68. The van der Waals surface area contributed by atoms with Gasteiger partial charge < -0.3 is 43.6 Å². The fraction of sp³-hybridized carbons (Fsp3) is 0.458. The molecule has 2 saturated carbocycles. The normalized spacial score (nSPS) is 28.8. The first-order chi connectivity index (χ1) is 36.1. The minimum Gasteiger partial charge on any atom is -0.455 e. The van der Waals surface area contributed by atoms with Crippen molar-refractivity contribution in [3.05, 3.63) is 149 Å². The van der Waals surface area contributed by atoms with E-state index < -0.39 is 120 Å². The summed E-state index contributed by atoms with van der Waals surface area (Å²) in [4.78, 5) is 86.5. The van der Waals surface area contributed by atoms with Gasteiger partial charge in [0.15, 0.2) is 19.7 Å². The maximum Gasteiger partial charge on any atom is 0.365 e. The van der Waals surface area contributed by atoms with Gasteiger partial charge in [-0.15, -0.1) is 0 Å². The lowest BCUT2D eigenvalue weighted by molar-refractivity contribution is -0.344. The third kappa shape index (κ3) is 9.76. The molecule has 3 fully saturated rings. The van der Waals surface area contributed by atoms with Crippen LogP contribution in [0.2, 0.25) is 18.1 Å². The van der Waals surface area contributed by atoms with Gasteiger partial charge in [0.05, 0.1) is 29.6 Å². The number of carbonyl (C=O) groups is 6. The van der Waals surface area contributed by atoms with Crippen molar-refractivity contribution in [1.29, 1.82) is 0 Å². The highest BCUT2D eigenvalue weighted by Gasteiger charge is 2.78. The molecule has 8 rings (SSSR count). The van der Waals surface area contributed by atoms with Gasteiger partial charge in [0.25, 0.3) is 10.8 Å². The summed E-state index contributed by atoms with van der Waals surface area (Å²) in [5.74, 6) is -6.49. The van der Waals surface area contributed by atoms with E-state index >= 15 is 9.59 Å². The molecule has 15 nitrogen and oxygen atoms in total. The van der Waals surface area contributed by atoms with Crippen LogP contribution in [0.15, 0.2) is 137 Å². The van der Waals surface area contributed by atoms with Crippen LogP contribution in [0.25, 0.3) is 0 Å². The zero-order valence-electron chi connectivity index (χ0n) is 44.5. The number of rotatable bonds is 17. The summed E-state index contributed by atoms with van der Waals surface area (Å²) in [7, 11) is -2.64. The van der Waals surface area contributed by atoms with E-state index in [-0.39, 0.29) is 35.3 Å². The number of esters is 4. The summed E-state index contributed by atoms with van der Waals surface area (Å²) in [6, 6.07) is 34.1. The molecule has 0 spiro atoms. The number of hydrogen-bond donors (Lipinski definition) is 3. The lowest BCUT2D eigenvalue weighted by atomic mass is 9.44. The third-order valence-corrected chi connectivity index (χ3v) is 22.8. The molecule has 1 heterocycles. The number of fused-ring (bicyclic) bond motifs is 5. The number of amides is 1. The number of ether oxygens (including phenoxy) is 5. The molecule has 3 N–H and O–H groups in total. The second-order valence-electron chi connectivity index (χ2n) is 21.3. The summed E-state index contributed by atoms with van der Waals surface area (Å²) >= 11 is 0.819. The Labute approximate surface area is 449 Å².